The SMILES string of the molecule is C(=C\c1ccc(-n2c3ccccc3c3ccccc32)cc1)/c1ccc(-n2c3ccccc3c3ccccc32)cc1.c1ccc2c(-c3ccc(-n4c5ccccc5c5ccccc54)cc3)c3ccccc3c(-c3ccc(-n4c5ccccc5c5ccccc54)cc3)c2c1.c1ccc2c(c1)c1ccccc1n2CCCCCCn1c2ccccc2c2ccccc21. The number of hydrogen-bond acceptors (Lipinski definition) is 0. The van der Waals surface area contributed by atoms with Gasteiger partial charge in [-0.2, -0.15) is 0 Å². The average Bonchev–Trinajstić information content (AvgIpc) is 1.41. The van der Waals surface area contributed by atoms with Crippen LogP contribution in [-0.2, 0) is 13.1 Å². The van der Waals surface area contributed by atoms with Crippen molar-refractivity contribution in [1.82, 2.24) is 27.4 Å². The molecular formula is C118H86N6. The van der Waals surface area contributed by atoms with Gasteiger partial charge in [-0.3, -0.25) is 0 Å². The number of para-hydroxylation sites is 12. The van der Waals surface area contributed by atoms with Gasteiger partial charge < -0.3 is 27.4 Å². The van der Waals surface area contributed by atoms with Crippen molar-refractivity contribution in [2.75, 3.05) is 0 Å². The van der Waals surface area contributed by atoms with Gasteiger partial charge in [-0.1, -0.05) is 340 Å². The van der Waals surface area contributed by atoms with E-state index in [1.54, 1.807) is 0 Å². The van der Waals surface area contributed by atoms with Crippen LogP contribution in [0.4, 0.5) is 0 Å². The third-order valence-corrected chi connectivity index (χ3v) is 25.7. The summed E-state index contributed by atoms with van der Waals surface area (Å²) in [6.45, 7) is 2.17. The maximum absolute atomic E-state index is 2.51. The normalized spacial score (nSPS) is 11.9. The fourth-order valence-electron chi connectivity index (χ4n) is 20.2. The van der Waals surface area contributed by atoms with Crippen LogP contribution in [0.25, 0.3) is 210 Å². The van der Waals surface area contributed by atoms with Crippen LogP contribution in [0.1, 0.15) is 36.8 Å². The summed E-state index contributed by atoms with van der Waals surface area (Å²) in [6.07, 6.45) is 9.33. The Morgan fingerprint density at radius 1 is 0.145 bits per heavy atom. The molecule has 19 aromatic carbocycles. The third-order valence-electron chi connectivity index (χ3n) is 25.7. The second-order valence-electron chi connectivity index (χ2n) is 32.7. The molecule has 0 fully saturated rings. The molecule has 588 valence electrons. The molecule has 0 aliphatic heterocycles. The fourth-order valence-corrected chi connectivity index (χ4v) is 20.2. The lowest BCUT2D eigenvalue weighted by atomic mass is 9.86. The summed E-state index contributed by atoms with van der Waals surface area (Å²) in [7, 11) is 0. The standard InChI is InChI=1S/C50H32N2.C38H26N2.C30H28N2/c1-2-18-42-41(17-1)49(33-25-29-35(30-26-33)51-45-21-9-5-13-37(45)38-14-6-10-22-46(38)51)43-19-3-4-20-44(43)50(42)34-27-31-36(32-28-34)52-47-23-11-7-15-39(47)40-16-8-12-24-48(40)52;1-5-13-35-31(9-1)32-10-2-6-14-36(32)39(35)29-23-19-27(20-24-29)17-18-28-21-25-30(26-22-28)40-37-15-7-3-11-33(37)34-12-4-8-16-38(34)40;1(11-21-31-27-17-7-3-13-23(27)24-14-4-8-18-28(24)31)2-12-22-32-29-19-9-5-15-25(29)26-16-6-10-20-30(26)32/h1-32H;1-26H;3-10,13-20H,1-2,11-12,21-22H2/b;18-17+;. The van der Waals surface area contributed by atoms with Gasteiger partial charge in [-0.25, -0.2) is 0 Å². The van der Waals surface area contributed by atoms with Crippen LogP contribution in [0.3, 0.4) is 0 Å². The van der Waals surface area contributed by atoms with Crippen molar-refractivity contribution in [3.8, 4) is 45.0 Å². The molecule has 25 rings (SSSR count). The van der Waals surface area contributed by atoms with Crippen LogP contribution >= 0.6 is 0 Å². The lowest BCUT2D eigenvalue weighted by molar-refractivity contribution is 0.559. The summed E-state index contributed by atoms with van der Waals surface area (Å²) < 4.78 is 14.5. The van der Waals surface area contributed by atoms with Gasteiger partial charge in [0, 0.05) is 123 Å². The number of fused-ring (bicyclic) bond motifs is 20. The maximum Gasteiger partial charge on any atom is 0.0541 e. The van der Waals surface area contributed by atoms with Crippen molar-refractivity contribution in [3.05, 3.63) is 448 Å². The Balaban J connectivity index is 0.000000111. The van der Waals surface area contributed by atoms with Gasteiger partial charge in [-0.15, -0.1) is 0 Å². The summed E-state index contributed by atoms with van der Waals surface area (Å²) >= 11 is 0. The van der Waals surface area contributed by atoms with Gasteiger partial charge in [0.1, 0.15) is 0 Å². The molecule has 0 atom stereocenters. The highest BCUT2D eigenvalue weighted by Crippen LogP contribution is 2.46. The molecule has 6 nitrogen and oxygen atoms in total. The topological polar surface area (TPSA) is 29.6 Å². The minimum Gasteiger partial charge on any atom is -0.340 e. The maximum atomic E-state index is 2.51. The van der Waals surface area contributed by atoms with Gasteiger partial charge in [0.25, 0.3) is 0 Å². The van der Waals surface area contributed by atoms with E-state index in [4.69, 9.17) is 0 Å². The van der Waals surface area contributed by atoms with Crippen molar-refractivity contribution in [2.45, 2.75) is 38.8 Å². The second-order valence-corrected chi connectivity index (χ2v) is 32.7. The zero-order valence-electron chi connectivity index (χ0n) is 68.6. The van der Waals surface area contributed by atoms with E-state index >= 15 is 0 Å². The van der Waals surface area contributed by atoms with Crippen molar-refractivity contribution in [2.24, 2.45) is 0 Å². The fraction of sp³-hybridized carbons (Fsp3) is 0.0508. The Kier molecular flexibility index (Phi) is 18.6. The smallest absolute Gasteiger partial charge is 0.0541 e. The van der Waals surface area contributed by atoms with E-state index in [1.807, 2.05) is 0 Å². The number of aromatic nitrogens is 6. The minimum absolute atomic E-state index is 1.09. The van der Waals surface area contributed by atoms with Gasteiger partial charge in [-0.05, 0) is 189 Å². The second kappa shape index (κ2) is 31.4. The van der Waals surface area contributed by atoms with Crippen molar-refractivity contribution in [1.29, 1.82) is 0 Å². The molecule has 0 saturated heterocycles. The van der Waals surface area contributed by atoms with Crippen LogP contribution in [0.2, 0.25) is 0 Å². The highest BCUT2D eigenvalue weighted by atomic mass is 15.0. The first-order chi connectivity index (χ1) is 61.6. The Bertz CT molecular complexity index is 7540. The van der Waals surface area contributed by atoms with E-state index in [0.29, 0.717) is 0 Å². The Labute approximate surface area is 718 Å². The molecular weight excluding hydrogens is 1500 g/mol. The number of aryl methyl sites for hydroxylation is 2. The predicted molar refractivity (Wildman–Crippen MR) is 529 cm³/mol. The molecule has 0 aliphatic carbocycles. The molecule has 0 N–H and O–H groups in total. The number of nitrogens with zero attached hydrogens (tertiary/aromatic N) is 6. The summed E-state index contributed by atoms with van der Waals surface area (Å²) in [5.74, 6) is 0. The molecule has 0 amide bonds. The van der Waals surface area contributed by atoms with Crippen LogP contribution in [0.5, 0.6) is 0 Å². The first-order valence-corrected chi connectivity index (χ1v) is 43.5. The van der Waals surface area contributed by atoms with E-state index in [1.165, 1.54) is 223 Å². The number of unbranched alkanes of at least 4 members (excludes halogenated alkanes) is 3. The van der Waals surface area contributed by atoms with Gasteiger partial charge in [0.2, 0.25) is 0 Å². The lowest BCUT2D eigenvalue weighted by Crippen LogP contribution is -2.00. The van der Waals surface area contributed by atoms with E-state index in [0.717, 1.165) is 24.5 Å². The minimum atomic E-state index is 1.09. The molecule has 0 unspecified atom stereocenters. The van der Waals surface area contributed by atoms with Gasteiger partial charge >= 0.3 is 0 Å². The zero-order valence-corrected chi connectivity index (χ0v) is 68.6. The Morgan fingerprint density at radius 2 is 0.306 bits per heavy atom. The van der Waals surface area contributed by atoms with Crippen LogP contribution in [-0.4, -0.2) is 27.4 Å². The van der Waals surface area contributed by atoms with E-state index in [9.17, 15) is 0 Å². The number of benzene rings is 19. The summed E-state index contributed by atoms with van der Waals surface area (Å²) in [4.78, 5) is 0. The van der Waals surface area contributed by atoms with Crippen LogP contribution < -0.4 is 0 Å². The number of hydrogen-bond donors (Lipinski definition) is 0. The molecule has 0 aliphatic rings. The summed E-state index contributed by atoms with van der Waals surface area (Å²) in [5, 5.41) is 20.7. The third kappa shape index (κ3) is 12.7. The molecule has 0 saturated carbocycles. The Morgan fingerprint density at radius 3 is 0.508 bits per heavy atom. The molecule has 0 bridgehead atoms. The van der Waals surface area contributed by atoms with E-state index in [2.05, 4.69) is 476 Å². The van der Waals surface area contributed by atoms with E-state index in [-0.39, 0.29) is 0 Å². The van der Waals surface area contributed by atoms with Crippen LogP contribution in [0, 0.1) is 0 Å². The molecule has 0 radical (unpaired) electrons. The van der Waals surface area contributed by atoms with Crippen molar-refractivity contribution in [3.63, 3.8) is 0 Å². The number of rotatable bonds is 15. The average molecular weight is 1590 g/mol. The first-order valence-electron chi connectivity index (χ1n) is 43.5. The summed E-state index contributed by atoms with van der Waals surface area (Å²) in [5.41, 5.74) is 27.2. The summed E-state index contributed by atoms with van der Waals surface area (Å²) in [6, 6.07) is 158. The van der Waals surface area contributed by atoms with Crippen molar-refractivity contribution < 1.29 is 0 Å². The van der Waals surface area contributed by atoms with Gasteiger partial charge in [0.05, 0.1) is 44.1 Å². The molecule has 0 spiro atoms. The molecule has 6 aromatic heterocycles. The monoisotopic (exact) mass is 1590 g/mol. The van der Waals surface area contributed by atoms with Crippen LogP contribution in [0.15, 0.2) is 437 Å². The van der Waals surface area contributed by atoms with E-state index < -0.39 is 0 Å². The lowest BCUT2D eigenvalue weighted by Gasteiger charge is -2.18. The molecule has 124 heavy (non-hydrogen) atoms. The largest absolute Gasteiger partial charge is 0.340 e. The highest BCUT2D eigenvalue weighted by molar-refractivity contribution is 6.22. The van der Waals surface area contributed by atoms with Gasteiger partial charge in [0.15, 0.2) is 0 Å². The Hall–Kier alpha value is -15.8. The zero-order chi connectivity index (χ0) is 82.0. The predicted octanol–water partition coefficient (Wildman–Crippen LogP) is 31.7. The molecule has 25 aromatic rings. The molecule has 6 heterocycles. The highest BCUT2D eigenvalue weighted by Gasteiger charge is 2.22. The molecule has 6 heteroatoms. The first kappa shape index (κ1) is 73.4. The van der Waals surface area contributed by atoms with Crippen molar-refractivity contribution >= 4 is 165 Å². The quantitative estimate of drug-likeness (QED) is 0.0556.